The molecule has 0 bridgehead atoms. The molecular weight excluding hydrogens is 368 g/mol. The molecule has 2 aromatic heterocycles. The summed E-state index contributed by atoms with van der Waals surface area (Å²) in [6.07, 6.45) is -0.0335. The van der Waals surface area contributed by atoms with Crippen LogP contribution in [0.4, 0.5) is 5.69 Å². The van der Waals surface area contributed by atoms with Gasteiger partial charge in [-0.05, 0) is 82.5 Å². The first kappa shape index (κ1) is 18.7. The van der Waals surface area contributed by atoms with Gasteiger partial charge in [-0.2, -0.15) is 5.10 Å². The van der Waals surface area contributed by atoms with Crippen LogP contribution in [0.5, 0.6) is 0 Å². The molecule has 4 heteroatoms. The Morgan fingerprint density at radius 2 is 1.63 bits per heavy atom. The van der Waals surface area contributed by atoms with Crippen molar-refractivity contribution >= 4 is 5.69 Å². The Morgan fingerprint density at radius 1 is 0.833 bits per heavy atom. The number of para-hydroxylation sites is 1. The van der Waals surface area contributed by atoms with Gasteiger partial charge in [-0.15, -0.1) is 0 Å². The molecule has 2 aromatic carbocycles. The van der Waals surface area contributed by atoms with Gasteiger partial charge in [-0.1, -0.05) is 24.3 Å². The molecule has 5 rings (SSSR count). The van der Waals surface area contributed by atoms with Crippen molar-refractivity contribution in [3.05, 3.63) is 87.9 Å². The second-order valence-corrected chi connectivity index (χ2v) is 8.59. The van der Waals surface area contributed by atoms with E-state index >= 15 is 0 Å². The van der Waals surface area contributed by atoms with Gasteiger partial charge in [-0.3, -0.25) is 0 Å². The molecule has 1 atom stereocenters. The third kappa shape index (κ3) is 2.71. The van der Waals surface area contributed by atoms with Crippen molar-refractivity contribution in [3.63, 3.8) is 0 Å². The summed E-state index contributed by atoms with van der Waals surface area (Å²) in [6.45, 7) is 13.0. The zero-order chi connectivity index (χ0) is 21.2. The molecule has 152 valence electrons. The summed E-state index contributed by atoms with van der Waals surface area (Å²) in [5.41, 5.74) is 13.4. The first-order valence-electron chi connectivity index (χ1n) is 10.5. The van der Waals surface area contributed by atoms with Crippen LogP contribution in [0.2, 0.25) is 0 Å². The van der Waals surface area contributed by atoms with E-state index in [4.69, 9.17) is 5.10 Å². The van der Waals surface area contributed by atoms with E-state index in [1.54, 1.807) is 0 Å². The normalized spacial score (nSPS) is 14.9. The number of aryl methyl sites for hydroxylation is 5. The summed E-state index contributed by atoms with van der Waals surface area (Å²) in [6, 6.07) is 17.6. The second-order valence-electron chi connectivity index (χ2n) is 8.59. The molecule has 4 nitrogen and oxygen atoms in total. The van der Waals surface area contributed by atoms with E-state index in [-0.39, 0.29) is 6.17 Å². The second kappa shape index (κ2) is 6.63. The number of anilines is 1. The summed E-state index contributed by atoms with van der Waals surface area (Å²) in [5.74, 6) is 0. The third-order valence-electron chi connectivity index (χ3n) is 6.45. The first-order valence-corrected chi connectivity index (χ1v) is 10.5. The van der Waals surface area contributed by atoms with E-state index in [1.165, 1.54) is 56.3 Å². The molecule has 1 unspecified atom stereocenters. The molecule has 1 aliphatic rings. The van der Waals surface area contributed by atoms with Gasteiger partial charge in [0.2, 0.25) is 0 Å². The highest BCUT2D eigenvalue weighted by Crippen LogP contribution is 2.41. The summed E-state index contributed by atoms with van der Waals surface area (Å²) in [5, 5.41) is 8.65. The monoisotopic (exact) mass is 396 g/mol. The van der Waals surface area contributed by atoms with Crippen molar-refractivity contribution in [2.24, 2.45) is 0 Å². The highest BCUT2D eigenvalue weighted by Gasteiger charge is 2.30. The molecule has 0 aliphatic carbocycles. The van der Waals surface area contributed by atoms with Crippen LogP contribution in [0.1, 0.15) is 45.5 Å². The number of rotatable bonds is 2. The number of nitrogens with zero attached hydrogens (tertiary/aromatic N) is 3. The Kier molecular flexibility index (Phi) is 4.14. The maximum absolute atomic E-state index is 4.86. The average Bonchev–Trinajstić information content (AvgIpc) is 3.23. The lowest BCUT2D eigenvalue weighted by molar-refractivity contribution is 0.567. The summed E-state index contributed by atoms with van der Waals surface area (Å²) in [4.78, 5) is 0. The number of benzene rings is 2. The fourth-order valence-corrected chi connectivity index (χ4v) is 4.72. The number of nitrogens with one attached hydrogen (secondary N) is 1. The highest BCUT2D eigenvalue weighted by atomic mass is 15.4. The molecule has 1 aliphatic heterocycles. The minimum absolute atomic E-state index is 0.0335. The minimum Gasteiger partial charge on any atom is -0.359 e. The summed E-state index contributed by atoms with van der Waals surface area (Å²) < 4.78 is 4.50. The molecule has 30 heavy (non-hydrogen) atoms. The van der Waals surface area contributed by atoms with Crippen LogP contribution in [0.15, 0.2) is 48.5 Å². The third-order valence-corrected chi connectivity index (χ3v) is 6.45. The van der Waals surface area contributed by atoms with Crippen molar-refractivity contribution in [3.8, 4) is 16.9 Å². The molecule has 0 radical (unpaired) electrons. The van der Waals surface area contributed by atoms with E-state index < -0.39 is 0 Å². The standard InChI is InChI=1S/C26H28N4/c1-15-10-11-21(12-17(15)3)29-19(5)14-23(20(29)6)26-27-25-16(2)8-7-9-22(25)24-13-18(4)28-30(24)26/h7-14,26-27H,1-6H3. The van der Waals surface area contributed by atoms with Crippen LogP contribution in [-0.4, -0.2) is 14.3 Å². The van der Waals surface area contributed by atoms with E-state index in [2.05, 4.69) is 105 Å². The lowest BCUT2D eigenvalue weighted by atomic mass is 10.0. The SMILES string of the molecule is Cc1cc2n(n1)C(c1cc(C)n(-c3ccc(C)c(C)c3)c1C)Nc1c(C)cccc1-2. The van der Waals surface area contributed by atoms with Crippen LogP contribution < -0.4 is 5.32 Å². The van der Waals surface area contributed by atoms with Gasteiger partial charge >= 0.3 is 0 Å². The Morgan fingerprint density at radius 3 is 2.40 bits per heavy atom. The van der Waals surface area contributed by atoms with Crippen LogP contribution in [0, 0.1) is 41.5 Å². The average molecular weight is 397 g/mol. The molecule has 4 aromatic rings. The van der Waals surface area contributed by atoms with Crippen molar-refractivity contribution < 1.29 is 0 Å². The molecule has 0 saturated heterocycles. The Labute approximate surface area is 178 Å². The van der Waals surface area contributed by atoms with E-state index in [1.807, 2.05) is 0 Å². The fraction of sp³-hybridized carbons (Fsp3) is 0.269. The van der Waals surface area contributed by atoms with Gasteiger partial charge < -0.3 is 9.88 Å². The van der Waals surface area contributed by atoms with Gasteiger partial charge in [0.05, 0.1) is 11.4 Å². The van der Waals surface area contributed by atoms with Gasteiger partial charge in [0.25, 0.3) is 0 Å². The predicted octanol–water partition coefficient (Wildman–Crippen LogP) is 6.16. The maximum atomic E-state index is 4.86. The number of hydrogen-bond donors (Lipinski definition) is 1. The number of hydrogen-bond acceptors (Lipinski definition) is 2. The largest absolute Gasteiger partial charge is 0.359 e. The predicted molar refractivity (Wildman–Crippen MR) is 124 cm³/mol. The van der Waals surface area contributed by atoms with Crippen molar-refractivity contribution in [1.29, 1.82) is 0 Å². The molecule has 1 N–H and O–H groups in total. The smallest absolute Gasteiger partial charge is 0.149 e. The number of aromatic nitrogens is 3. The zero-order valence-electron chi connectivity index (χ0n) is 18.5. The molecular formula is C26H28N4. The Balaban J connectivity index is 1.68. The Hall–Kier alpha value is -3.27. The summed E-state index contributed by atoms with van der Waals surface area (Å²) >= 11 is 0. The van der Waals surface area contributed by atoms with Gasteiger partial charge in [0, 0.05) is 33.9 Å². The molecule has 3 heterocycles. The minimum atomic E-state index is -0.0335. The molecule has 0 amide bonds. The first-order chi connectivity index (χ1) is 14.3. The maximum Gasteiger partial charge on any atom is 0.149 e. The van der Waals surface area contributed by atoms with Gasteiger partial charge in [0.15, 0.2) is 0 Å². The lowest BCUT2D eigenvalue weighted by Crippen LogP contribution is -2.26. The van der Waals surface area contributed by atoms with E-state index in [0.29, 0.717) is 0 Å². The Bertz CT molecular complexity index is 1290. The van der Waals surface area contributed by atoms with Crippen molar-refractivity contribution in [1.82, 2.24) is 14.3 Å². The van der Waals surface area contributed by atoms with Crippen molar-refractivity contribution in [2.45, 2.75) is 47.7 Å². The topological polar surface area (TPSA) is 34.8 Å². The fourth-order valence-electron chi connectivity index (χ4n) is 4.72. The molecule has 0 saturated carbocycles. The lowest BCUT2D eigenvalue weighted by Gasteiger charge is -2.30. The van der Waals surface area contributed by atoms with Crippen LogP contribution in [0.25, 0.3) is 16.9 Å². The van der Waals surface area contributed by atoms with E-state index in [9.17, 15) is 0 Å². The number of fused-ring (bicyclic) bond motifs is 3. The molecule has 0 fully saturated rings. The van der Waals surface area contributed by atoms with Crippen molar-refractivity contribution in [2.75, 3.05) is 5.32 Å². The zero-order valence-corrected chi connectivity index (χ0v) is 18.5. The van der Waals surface area contributed by atoms with Crippen LogP contribution in [0.3, 0.4) is 0 Å². The van der Waals surface area contributed by atoms with E-state index in [0.717, 1.165) is 5.69 Å². The van der Waals surface area contributed by atoms with Gasteiger partial charge in [-0.25, -0.2) is 4.68 Å². The summed E-state index contributed by atoms with van der Waals surface area (Å²) in [7, 11) is 0. The molecule has 0 spiro atoms. The highest BCUT2D eigenvalue weighted by molar-refractivity contribution is 5.81. The van der Waals surface area contributed by atoms with Crippen LogP contribution in [-0.2, 0) is 0 Å². The van der Waals surface area contributed by atoms with Gasteiger partial charge in [0.1, 0.15) is 6.17 Å². The van der Waals surface area contributed by atoms with Crippen LogP contribution >= 0.6 is 0 Å². The quantitative estimate of drug-likeness (QED) is 0.440.